The van der Waals surface area contributed by atoms with E-state index in [1.54, 1.807) is 0 Å². The smallest absolute Gasteiger partial charge is 0.158 e. The van der Waals surface area contributed by atoms with Crippen LogP contribution in [-0.2, 0) is 0 Å². The van der Waals surface area contributed by atoms with Crippen molar-refractivity contribution in [3.05, 3.63) is 0 Å². The summed E-state index contributed by atoms with van der Waals surface area (Å²) in [5.74, 6) is 0. The maximum Gasteiger partial charge on any atom is 0.158 e. The molecule has 1 aliphatic rings. The maximum absolute atomic E-state index is 5.60. The second-order valence-corrected chi connectivity index (χ2v) is 46.3. The fourth-order valence-electron chi connectivity index (χ4n) is 5.40. The lowest BCUT2D eigenvalue weighted by atomic mass is 9.94. The third-order valence-electron chi connectivity index (χ3n) is 5.83. The first-order valence-electron chi connectivity index (χ1n) is 13.8. The van der Waals surface area contributed by atoms with Gasteiger partial charge < -0.3 is 13.0 Å². The van der Waals surface area contributed by atoms with Gasteiger partial charge in [0, 0.05) is 0 Å². The van der Waals surface area contributed by atoms with E-state index in [1.807, 2.05) is 0 Å². The number of hydrogen-bond donors (Lipinski definition) is 0. The Kier molecular flexibility index (Phi) is 10.4. The zero-order valence-corrected chi connectivity index (χ0v) is 33.3. The Morgan fingerprint density at radius 3 is 0.833 bits per heavy atom. The van der Waals surface area contributed by atoms with Crippen LogP contribution in [0.4, 0.5) is 0 Å². The molecule has 12 heteroatoms. The van der Waals surface area contributed by atoms with E-state index >= 15 is 0 Å². The van der Waals surface area contributed by atoms with Crippen molar-refractivity contribution in [3.63, 3.8) is 0 Å². The van der Waals surface area contributed by atoms with E-state index in [1.165, 1.54) is 11.4 Å². The quantitative estimate of drug-likeness (QED) is 0.198. The Morgan fingerprint density at radius 2 is 0.611 bits per heavy atom. The van der Waals surface area contributed by atoms with Gasteiger partial charge in [0.1, 0.15) is 5.71 Å². The second-order valence-electron chi connectivity index (χ2n) is 16.4. The molecule has 0 unspecified atom stereocenters. The van der Waals surface area contributed by atoms with Gasteiger partial charge in [-0.2, -0.15) is 15.3 Å². The van der Waals surface area contributed by atoms with Crippen molar-refractivity contribution in [3.8, 4) is 0 Å². The molecule has 210 valence electrons. The molecule has 0 heterocycles. The van der Waals surface area contributed by atoms with Crippen molar-refractivity contribution in [1.29, 1.82) is 0 Å². The molecule has 0 aromatic rings. The lowest BCUT2D eigenvalue weighted by Crippen LogP contribution is -2.59. The van der Waals surface area contributed by atoms with Gasteiger partial charge in [-0.15, -0.1) is 0 Å². The van der Waals surface area contributed by atoms with Gasteiger partial charge in [0.25, 0.3) is 0 Å². The molecule has 0 aromatic carbocycles. The van der Waals surface area contributed by atoms with E-state index in [2.05, 4.69) is 131 Å². The zero-order chi connectivity index (χ0) is 28.7. The molecule has 6 nitrogen and oxygen atoms in total. The van der Waals surface area contributed by atoms with Gasteiger partial charge in [-0.05, 0) is 19.3 Å². The average Bonchev–Trinajstić information content (AvgIpc) is 2.56. The van der Waals surface area contributed by atoms with Crippen molar-refractivity contribution in [1.82, 2.24) is 13.0 Å². The fraction of sp³-hybridized carbons (Fsp3) is 0.875. The number of hydrogen-bond acceptors (Lipinski definition) is 6. The molecular weight excluding hydrogens is 541 g/mol. The first kappa shape index (κ1) is 33.7. The Balaban J connectivity index is 4.02. The van der Waals surface area contributed by atoms with Crippen LogP contribution in [0.2, 0.25) is 118 Å². The minimum Gasteiger partial charge on any atom is -0.350 e. The molecule has 0 aliphatic heterocycles. The number of nitrogens with zero attached hydrogens (tertiary/aromatic N) is 6. The highest BCUT2D eigenvalue weighted by atomic mass is 28.4. The van der Waals surface area contributed by atoms with Crippen LogP contribution < -0.4 is 0 Å². The maximum atomic E-state index is 5.60. The minimum atomic E-state index is -1.69. The van der Waals surface area contributed by atoms with Gasteiger partial charge in [0.15, 0.2) is 49.4 Å². The first-order chi connectivity index (χ1) is 15.7. The second kappa shape index (κ2) is 11.1. The van der Waals surface area contributed by atoms with Gasteiger partial charge in [0.05, 0.1) is 11.4 Å². The Hall–Kier alpha value is -0.289. The molecule has 0 N–H and O–H groups in total. The van der Waals surface area contributed by atoms with Crippen LogP contribution in [0.25, 0.3) is 0 Å². The van der Waals surface area contributed by atoms with Crippen molar-refractivity contribution < 1.29 is 0 Å². The molecule has 1 fully saturated rings. The highest BCUT2D eigenvalue weighted by Gasteiger charge is 2.39. The zero-order valence-electron chi connectivity index (χ0n) is 27.3. The average molecular weight is 601 g/mol. The third kappa shape index (κ3) is 9.47. The van der Waals surface area contributed by atoms with Crippen LogP contribution >= 0.6 is 0 Å². The van der Waals surface area contributed by atoms with Crippen LogP contribution in [0.3, 0.4) is 0 Å². The number of hydrazone groups is 3. The predicted molar refractivity (Wildman–Crippen MR) is 182 cm³/mol. The van der Waals surface area contributed by atoms with Gasteiger partial charge >= 0.3 is 0 Å². The van der Waals surface area contributed by atoms with Crippen LogP contribution in [0, 0.1) is 0 Å². The monoisotopic (exact) mass is 600 g/mol. The summed E-state index contributed by atoms with van der Waals surface area (Å²) in [7, 11) is -9.95. The molecule has 0 radical (unpaired) electrons. The van der Waals surface area contributed by atoms with Gasteiger partial charge in [-0.3, -0.25) is 0 Å². The molecular formula is C24H60N6Si6. The fourth-order valence-corrected chi connectivity index (χ4v) is 32.0. The minimum absolute atomic E-state index is 0.994. The molecule has 0 spiro atoms. The molecule has 1 saturated carbocycles. The summed E-state index contributed by atoms with van der Waals surface area (Å²) in [6.45, 7) is 43.7. The third-order valence-corrected chi connectivity index (χ3v) is 26.1. The largest absolute Gasteiger partial charge is 0.350 e. The van der Waals surface area contributed by atoms with Crippen molar-refractivity contribution in [2.75, 3.05) is 0 Å². The number of rotatable bonds is 9. The van der Waals surface area contributed by atoms with Gasteiger partial charge in [-0.1, -0.05) is 118 Å². The van der Waals surface area contributed by atoms with Crippen LogP contribution in [-0.4, -0.2) is 79.6 Å². The Labute approximate surface area is 231 Å². The van der Waals surface area contributed by atoms with E-state index in [-0.39, 0.29) is 0 Å². The van der Waals surface area contributed by atoms with E-state index < -0.39 is 49.4 Å². The summed E-state index contributed by atoms with van der Waals surface area (Å²) in [4.78, 5) is 0. The van der Waals surface area contributed by atoms with E-state index in [0.717, 1.165) is 25.0 Å². The lowest BCUT2D eigenvalue weighted by Gasteiger charge is -2.44. The SMILES string of the molecule is C[Si](C)(C)N(N=C1/C(=N\N([Si](C)(C)C)[Si](C)(C)C)CCC/C1=N\N([Si](C)(C)C)[Si](C)(C)C)[Si](C)(C)C. The van der Waals surface area contributed by atoms with Crippen LogP contribution in [0.1, 0.15) is 19.3 Å². The summed E-state index contributed by atoms with van der Waals surface area (Å²) < 4.78 is 7.69. The van der Waals surface area contributed by atoms with Gasteiger partial charge in [-0.25, -0.2) is 0 Å². The van der Waals surface area contributed by atoms with E-state index in [9.17, 15) is 0 Å². The topological polar surface area (TPSA) is 46.8 Å². The highest BCUT2D eigenvalue weighted by Crippen LogP contribution is 2.27. The first-order valence-corrected chi connectivity index (χ1v) is 34.5. The van der Waals surface area contributed by atoms with Crippen molar-refractivity contribution in [2.24, 2.45) is 15.3 Å². The lowest BCUT2D eigenvalue weighted by molar-refractivity contribution is 0.647. The summed E-state index contributed by atoms with van der Waals surface area (Å²) in [6, 6.07) is 0. The van der Waals surface area contributed by atoms with E-state index in [4.69, 9.17) is 15.3 Å². The Morgan fingerprint density at radius 1 is 0.389 bits per heavy atom. The highest BCUT2D eigenvalue weighted by molar-refractivity contribution is 6.91. The standard InChI is InChI=1S/C24H60N6Si6/c1-31(2,3)28(32(4,5)6)25-22-20-19-21-23(26-29(33(7,8)9)34(10,11)12)24(22)27-30(35(13,14)15)36(16,17)18/h19-21H2,1-18H3/b25-22-,26-23+,27-24?. The van der Waals surface area contributed by atoms with E-state index in [0.29, 0.717) is 0 Å². The van der Waals surface area contributed by atoms with Crippen molar-refractivity contribution >= 4 is 66.5 Å². The molecule has 36 heavy (non-hydrogen) atoms. The molecule has 1 aliphatic carbocycles. The summed E-state index contributed by atoms with van der Waals surface area (Å²) >= 11 is 0. The summed E-state index contributed by atoms with van der Waals surface area (Å²) in [5.41, 5.74) is 3.45. The summed E-state index contributed by atoms with van der Waals surface area (Å²) in [5, 5.41) is 16.7. The normalized spacial score (nSPS) is 20.3. The van der Waals surface area contributed by atoms with Crippen LogP contribution in [0.15, 0.2) is 15.3 Å². The van der Waals surface area contributed by atoms with Crippen LogP contribution in [0.5, 0.6) is 0 Å². The molecule has 1 rings (SSSR count). The molecule has 0 amide bonds. The summed E-state index contributed by atoms with van der Waals surface area (Å²) in [6.07, 6.45) is 3.09. The Bertz CT molecular complexity index is 764. The van der Waals surface area contributed by atoms with Gasteiger partial charge in [0.2, 0.25) is 0 Å². The molecule has 0 bridgehead atoms. The predicted octanol–water partition coefficient (Wildman–Crippen LogP) is 8.15. The molecule has 0 saturated heterocycles. The molecule has 0 aromatic heterocycles. The molecule has 0 atom stereocenters. The van der Waals surface area contributed by atoms with Crippen molar-refractivity contribution in [2.45, 2.75) is 137 Å².